The Bertz CT molecular complexity index is 1200. The lowest BCUT2D eigenvalue weighted by Gasteiger charge is -2.16. The predicted octanol–water partition coefficient (Wildman–Crippen LogP) is 5.67. The van der Waals surface area contributed by atoms with Crippen LogP contribution in [0.5, 0.6) is 0 Å². The molecule has 0 bridgehead atoms. The normalized spacial score (nSPS) is 11.0. The van der Waals surface area contributed by atoms with Gasteiger partial charge in [0.2, 0.25) is 5.91 Å². The van der Waals surface area contributed by atoms with Crippen LogP contribution in [0, 0.1) is 5.82 Å². The monoisotopic (exact) mass is 460 g/mol. The Balaban J connectivity index is 1.14. The van der Waals surface area contributed by atoms with Crippen molar-refractivity contribution in [2.45, 2.75) is 38.5 Å². The van der Waals surface area contributed by atoms with Gasteiger partial charge in [-0.25, -0.2) is 9.37 Å². The van der Waals surface area contributed by atoms with Crippen LogP contribution in [0.25, 0.3) is 22.6 Å². The molecule has 34 heavy (non-hydrogen) atoms. The van der Waals surface area contributed by atoms with Gasteiger partial charge < -0.3 is 9.32 Å². The molecule has 0 unspecified atom stereocenters. The van der Waals surface area contributed by atoms with Crippen LogP contribution in [0.4, 0.5) is 4.39 Å². The molecule has 6 nitrogen and oxygen atoms in total. The summed E-state index contributed by atoms with van der Waals surface area (Å²) in [7, 11) is 1.82. The smallest absolute Gasteiger partial charge is 0.222 e. The Morgan fingerprint density at radius 1 is 1.03 bits per heavy atom. The number of hydrogen-bond acceptors (Lipinski definition) is 4. The van der Waals surface area contributed by atoms with E-state index in [-0.39, 0.29) is 11.7 Å². The van der Waals surface area contributed by atoms with Crippen molar-refractivity contribution >= 4 is 5.91 Å². The molecular weight excluding hydrogens is 431 g/mol. The van der Waals surface area contributed by atoms with Crippen molar-refractivity contribution < 1.29 is 13.6 Å². The number of aryl methyl sites for hydroxylation is 2. The SMILES string of the molecule is CN(CCCCCc1cc(-c2ccccc2)n[nH]1)C(=O)CCc1ncc(-c2ccccc2F)o1. The van der Waals surface area contributed by atoms with E-state index in [9.17, 15) is 9.18 Å². The number of H-pyrrole nitrogens is 1. The topological polar surface area (TPSA) is 75.0 Å². The van der Waals surface area contributed by atoms with Gasteiger partial charge in [0.05, 0.1) is 17.5 Å². The maximum Gasteiger partial charge on any atom is 0.222 e. The number of carbonyl (C=O) groups is 1. The largest absolute Gasteiger partial charge is 0.441 e. The minimum atomic E-state index is -0.356. The van der Waals surface area contributed by atoms with Gasteiger partial charge in [0, 0.05) is 37.7 Å². The molecule has 0 spiro atoms. The van der Waals surface area contributed by atoms with E-state index in [0.717, 1.165) is 42.6 Å². The van der Waals surface area contributed by atoms with E-state index in [4.69, 9.17) is 4.42 Å². The number of aromatic amines is 1. The molecule has 1 N–H and O–H groups in total. The number of hydrogen-bond donors (Lipinski definition) is 1. The highest BCUT2D eigenvalue weighted by Gasteiger charge is 2.14. The maximum atomic E-state index is 13.9. The number of amides is 1. The maximum absolute atomic E-state index is 13.9. The van der Waals surface area contributed by atoms with Gasteiger partial charge in [0.15, 0.2) is 11.7 Å². The summed E-state index contributed by atoms with van der Waals surface area (Å²) in [6.45, 7) is 0.711. The number of oxazole rings is 1. The van der Waals surface area contributed by atoms with E-state index >= 15 is 0 Å². The quantitative estimate of drug-likeness (QED) is 0.293. The lowest BCUT2D eigenvalue weighted by molar-refractivity contribution is -0.130. The van der Waals surface area contributed by atoms with E-state index in [2.05, 4.69) is 33.4 Å². The van der Waals surface area contributed by atoms with Gasteiger partial charge in [-0.2, -0.15) is 5.10 Å². The highest BCUT2D eigenvalue weighted by atomic mass is 19.1. The van der Waals surface area contributed by atoms with Gasteiger partial charge in [0.1, 0.15) is 5.82 Å². The fourth-order valence-corrected chi connectivity index (χ4v) is 3.83. The number of carbonyl (C=O) groups excluding carboxylic acids is 1. The number of aromatic nitrogens is 3. The second-order valence-electron chi connectivity index (χ2n) is 8.37. The van der Waals surface area contributed by atoms with E-state index in [1.165, 1.54) is 12.3 Å². The molecule has 2 aromatic carbocycles. The Labute approximate surface area is 198 Å². The molecule has 4 rings (SSSR count). The second kappa shape index (κ2) is 11.4. The minimum Gasteiger partial charge on any atom is -0.441 e. The number of nitrogens with zero attached hydrogens (tertiary/aromatic N) is 3. The van der Waals surface area contributed by atoms with Crippen LogP contribution >= 0.6 is 0 Å². The van der Waals surface area contributed by atoms with Gasteiger partial charge in [0.25, 0.3) is 0 Å². The molecule has 7 heteroatoms. The molecule has 0 fully saturated rings. The first-order valence-electron chi connectivity index (χ1n) is 11.6. The fraction of sp³-hybridized carbons (Fsp3) is 0.296. The van der Waals surface area contributed by atoms with Gasteiger partial charge in [-0.15, -0.1) is 0 Å². The summed E-state index contributed by atoms with van der Waals surface area (Å²) in [6, 6.07) is 18.6. The number of unbranched alkanes of at least 4 members (excludes halogenated alkanes) is 2. The van der Waals surface area contributed by atoms with Crippen LogP contribution in [-0.4, -0.2) is 39.6 Å². The summed E-state index contributed by atoms with van der Waals surface area (Å²) in [5.74, 6) is 0.508. The van der Waals surface area contributed by atoms with Crippen LogP contribution in [0.2, 0.25) is 0 Å². The average Bonchev–Trinajstić information content (AvgIpc) is 3.53. The molecule has 1 amide bonds. The van der Waals surface area contributed by atoms with E-state index in [1.54, 1.807) is 23.1 Å². The van der Waals surface area contributed by atoms with Crippen LogP contribution in [0.3, 0.4) is 0 Å². The first kappa shape index (κ1) is 23.4. The van der Waals surface area contributed by atoms with Crippen molar-refractivity contribution in [2.24, 2.45) is 0 Å². The zero-order chi connectivity index (χ0) is 23.8. The Morgan fingerprint density at radius 2 is 1.82 bits per heavy atom. The summed E-state index contributed by atoms with van der Waals surface area (Å²) in [5.41, 5.74) is 3.58. The lowest BCUT2D eigenvalue weighted by Crippen LogP contribution is -2.27. The Morgan fingerprint density at radius 3 is 2.65 bits per heavy atom. The lowest BCUT2D eigenvalue weighted by atomic mass is 10.1. The summed E-state index contributed by atoms with van der Waals surface area (Å²) in [4.78, 5) is 18.4. The molecule has 0 radical (unpaired) electrons. The molecule has 176 valence electrons. The van der Waals surface area contributed by atoms with Crippen molar-refractivity contribution in [1.82, 2.24) is 20.1 Å². The Hall–Kier alpha value is -3.74. The van der Waals surface area contributed by atoms with Gasteiger partial charge in [-0.05, 0) is 37.5 Å². The standard InChI is InChI=1S/C27H29FN4O2/c1-32(17-9-3-6-12-21-18-24(31-30-21)20-10-4-2-5-11-20)27(33)16-15-26-29-19-25(34-26)22-13-7-8-14-23(22)28/h2,4-5,7-8,10-11,13-14,18-19H,3,6,9,12,15-17H2,1H3,(H,30,31). The number of nitrogens with one attached hydrogen (secondary N) is 1. The fourth-order valence-electron chi connectivity index (χ4n) is 3.83. The van der Waals surface area contributed by atoms with Crippen molar-refractivity contribution in [3.05, 3.63) is 84.3 Å². The summed E-state index contributed by atoms with van der Waals surface area (Å²) in [6.07, 6.45) is 6.15. The Kier molecular flexibility index (Phi) is 7.86. The molecule has 0 aliphatic rings. The predicted molar refractivity (Wildman–Crippen MR) is 129 cm³/mol. The third-order valence-corrected chi connectivity index (χ3v) is 5.81. The number of rotatable bonds is 11. The molecule has 0 saturated carbocycles. The highest BCUT2D eigenvalue weighted by molar-refractivity contribution is 5.76. The number of halogens is 1. The van der Waals surface area contributed by atoms with Crippen LogP contribution in [-0.2, 0) is 17.6 Å². The first-order chi connectivity index (χ1) is 16.6. The minimum absolute atomic E-state index is 0.0479. The molecule has 4 aromatic rings. The molecule has 2 heterocycles. The van der Waals surface area contributed by atoms with Gasteiger partial charge >= 0.3 is 0 Å². The van der Waals surface area contributed by atoms with E-state index < -0.39 is 0 Å². The average molecular weight is 461 g/mol. The van der Waals surface area contributed by atoms with E-state index in [0.29, 0.717) is 36.6 Å². The molecule has 0 aliphatic carbocycles. The van der Waals surface area contributed by atoms with Crippen LogP contribution in [0.1, 0.15) is 37.3 Å². The van der Waals surface area contributed by atoms with E-state index in [1.807, 2.05) is 25.2 Å². The summed E-state index contributed by atoms with van der Waals surface area (Å²) < 4.78 is 19.5. The first-order valence-corrected chi connectivity index (χ1v) is 11.6. The third kappa shape index (κ3) is 6.19. The van der Waals surface area contributed by atoms with Crippen LogP contribution in [0.15, 0.2) is 71.3 Å². The van der Waals surface area contributed by atoms with Crippen molar-refractivity contribution in [1.29, 1.82) is 0 Å². The van der Waals surface area contributed by atoms with Crippen molar-refractivity contribution in [3.63, 3.8) is 0 Å². The summed E-state index contributed by atoms with van der Waals surface area (Å²) in [5, 5.41) is 7.52. The zero-order valence-corrected chi connectivity index (χ0v) is 19.3. The van der Waals surface area contributed by atoms with Crippen molar-refractivity contribution in [2.75, 3.05) is 13.6 Å². The van der Waals surface area contributed by atoms with Crippen molar-refractivity contribution in [3.8, 4) is 22.6 Å². The highest BCUT2D eigenvalue weighted by Crippen LogP contribution is 2.23. The molecule has 0 aliphatic heterocycles. The molecular formula is C27H29FN4O2. The molecule has 2 aromatic heterocycles. The third-order valence-electron chi connectivity index (χ3n) is 5.81. The molecule has 0 atom stereocenters. The molecule has 0 saturated heterocycles. The zero-order valence-electron chi connectivity index (χ0n) is 19.3. The second-order valence-corrected chi connectivity index (χ2v) is 8.37. The van der Waals surface area contributed by atoms with Gasteiger partial charge in [-0.1, -0.05) is 48.9 Å². The number of benzene rings is 2. The summed E-state index contributed by atoms with van der Waals surface area (Å²) >= 11 is 0. The van der Waals surface area contributed by atoms with Crippen LogP contribution < -0.4 is 0 Å². The van der Waals surface area contributed by atoms with Gasteiger partial charge in [-0.3, -0.25) is 9.89 Å².